The van der Waals surface area contributed by atoms with Crippen molar-refractivity contribution in [3.63, 3.8) is 0 Å². The van der Waals surface area contributed by atoms with E-state index < -0.39 is 18.0 Å². The third-order valence-corrected chi connectivity index (χ3v) is 5.56. The maximum atomic E-state index is 13.1. The summed E-state index contributed by atoms with van der Waals surface area (Å²) in [6.45, 7) is 0.00948. The molecule has 0 bridgehead atoms. The van der Waals surface area contributed by atoms with Crippen LogP contribution >= 0.6 is 11.8 Å². The van der Waals surface area contributed by atoms with Gasteiger partial charge in [-0.15, -0.1) is 0 Å². The fourth-order valence-electron chi connectivity index (χ4n) is 2.88. The molecule has 7 nitrogen and oxygen atoms in total. The lowest BCUT2D eigenvalue weighted by molar-refractivity contribution is -0.267. The van der Waals surface area contributed by atoms with Crippen LogP contribution in [-0.2, 0) is 11.3 Å². The van der Waals surface area contributed by atoms with Gasteiger partial charge in [-0.1, -0.05) is 23.9 Å². The first-order chi connectivity index (χ1) is 16.0. The Kier molecular flexibility index (Phi) is 7.34. The van der Waals surface area contributed by atoms with Crippen LogP contribution in [0.4, 0.5) is 32.4 Å². The van der Waals surface area contributed by atoms with E-state index in [2.05, 4.69) is 5.10 Å². The predicted octanol–water partition coefficient (Wildman–Crippen LogP) is 4.91. The minimum atomic E-state index is -6.01. The molecular formula is C21H18F5N3O4S. The highest BCUT2D eigenvalue weighted by molar-refractivity contribution is 8.14. The average Bonchev–Trinajstić information content (AvgIpc) is 2.80. The number of hydrazone groups is 1. The maximum Gasteiger partial charge on any atom is 0.463 e. The molecule has 0 atom stereocenters. The summed E-state index contributed by atoms with van der Waals surface area (Å²) in [7, 11) is 3.00. The molecule has 2 aromatic rings. The number of rotatable bonds is 7. The van der Waals surface area contributed by atoms with Crippen LogP contribution in [0.1, 0.15) is 11.1 Å². The first kappa shape index (κ1) is 25.3. The second-order valence-corrected chi connectivity index (χ2v) is 7.88. The molecule has 0 saturated carbocycles. The summed E-state index contributed by atoms with van der Waals surface area (Å²) in [5.41, 5.74) is 1.56. The molecule has 34 heavy (non-hydrogen) atoms. The molecule has 0 radical (unpaired) electrons. The van der Waals surface area contributed by atoms with Gasteiger partial charge in [-0.05, 0) is 35.9 Å². The lowest BCUT2D eigenvalue weighted by Crippen LogP contribution is -2.47. The Morgan fingerprint density at radius 3 is 2.29 bits per heavy atom. The highest BCUT2D eigenvalue weighted by atomic mass is 32.2. The van der Waals surface area contributed by atoms with Crippen LogP contribution in [0.15, 0.2) is 47.6 Å². The first-order valence-electron chi connectivity index (χ1n) is 9.55. The minimum absolute atomic E-state index is 0.00948. The number of hydrogen-bond donors (Lipinski definition) is 1. The van der Waals surface area contributed by atoms with Crippen molar-refractivity contribution >= 4 is 34.3 Å². The van der Waals surface area contributed by atoms with Crippen LogP contribution in [-0.4, -0.2) is 53.9 Å². The number of thioether (sulfide) groups is 1. The Hall–Kier alpha value is -3.35. The fourth-order valence-corrected chi connectivity index (χ4v) is 3.62. The summed E-state index contributed by atoms with van der Waals surface area (Å²) < 4.78 is 73.6. The molecular weight excluding hydrogens is 485 g/mol. The lowest BCUT2D eigenvalue weighted by atomic mass is 10.1. The largest absolute Gasteiger partial charge is 0.493 e. The quantitative estimate of drug-likeness (QED) is 0.543. The van der Waals surface area contributed by atoms with Crippen LogP contribution in [0.5, 0.6) is 11.5 Å². The molecule has 1 aliphatic heterocycles. The van der Waals surface area contributed by atoms with E-state index in [0.29, 0.717) is 34.1 Å². The van der Waals surface area contributed by atoms with Crippen molar-refractivity contribution in [2.45, 2.75) is 18.6 Å². The number of anilines is 1. The van der Waals surface area contributed by atoms with Gasteiger partial charge in [0, 0.05) is 17.0 Å². The van der Waals surface area contributed by atoms with Gasteiger partial charge in [-0.25, -0.2) is 5.01 Å². The van der Waals surface area contributed by atoms with Gasteiger partial charge in [0.15, 0.2) is 11.5 Å². The van der Waals surface area contributed by atoms with Crippen molar-refractivity contribution in [3.05, 3.63) is 53.6 Å². The Labute approximate surface area is 194 Å². The smallest absolute Gasteiger partial charge is 0.463 e. The van der Waals surface area contributed by atoms with Crippen LogP contribution < -0.4 is 14.8 Å². The van der Waals surface area contributed by atoms with Crippen LogP contribution in [0, 0.1) is 0 Å². The van der Waals surface area contributed by atoms with Gasteiger partial charge >= 0.3 is 23.2 Å². The second kappa shape index (κ2) is 9.87. The molecule has 0 unspecified atom stereocenters. The van der Waals surface area contributed by atoms with E-state index in [1.165, 1.54) is 36.7 Å². The zero-order valence-electron chi connectivity index (χ0n) is 17.8. The highest BCUT2D eigenvalue weighted by Crippen LogP contribution is 2.36. The van der Waals surface area contributed by atoms with Gasteiger partial charge in [0.2, 0.25) is 0 Å². The molecule has 13 heteroatoms. The molecule has 0 saturated heterocycles. The topological polar surface area (TPSA) is 80.2 Å². The Balaban J connectivity index is 1.73. The molecule has 3 rings (SSSR count). The Bertz CT molecular complexity index is 1110. The Morgan fingerprint density at radius 1 is 1.06 bits per heavy atom. The number of benzene rings is 2. The summed E-state index contributed by atoms with van der Waals surface area (Å²) >= 11 is 1.03. The molecule has 0 aromatic heterocycles. The number of amides is 2. The fraction of sp³-hybridized carbons (Fsp3) is 0.286. The van der Waals surface area contributed by atoms with Crippen molar-refractivity contribution in [2.24, 2.45) is 5.10 Å². The normalized spacial score (nSPS) is 14.5. The number of nitrogens with zero attached hydrogens (tertiary/aromatic N) is 2. The van der Waals surface area contributed by atoms with E-state index in [1.807, 2.05) is 0 Å². The van der Waals surface area contributed by atoms with Crippen molar-refractivity contribution in [1.82, 2.24) is 5.01 Å². The zero-order chi connectivity index (χ0) is 25.1. The summed E-state index contributed by atoms with van der Waals surface area (Å²) in [4.78, 5) is 23.6. The number of carbonyl (C=O) groups is 2. The minimum Gasteiger partial charge on any atom is -0.493 e. The molecule has 1 N–H and O–H groups in total. The van der Waals surface area contributed by atoms with Gasteiger partial charge in [0.1, 0.15) is 0 Å². The molecule has 0 fully saturated rings. The summed E-state index contributed by atoms with van der Waals surface area (Å²) in [5, 5.41) is 6.79. The van der Waals surface area contributed by atoms with E-state index in [9.17, 15) is 31.5 Å². The molecule has 2 amide bonds. The van der Waals surface area contributed by atoms with Gasteiger partial charge in [0.05, 0.1) is 26.5 Å². The van der Waals surface area contributed by atoms with Gasteiger partial charge in [-0.3, -0.25) is 9.59 Å². The summed E-state index contributed by atoms with van der Waals surface area (Å²) in [6.07, 6.45) is -6.01. The third-order valence-electron chi connectivity index (χ3n) is 4.69. The number of alkyl halides is 5. The molecule has 1 aliphatic rings. The van der Waals surface area contributed by atoms with E-state index in [-0.39, 0.29) is 17.5 Å². The molecule has 182 valence electrons. The van der Waals surface area contributed by atoms with Crippen LogP contribution in [0.2, 0.25) is 0 Å². The van der Waals surface area contributed by atoms with Crippen LogP contribution in [0.3, 0.4) is 0 Å². The predicted molar refractivity (Wildman–Crippen MR) is 116 cm³/mol. The van der Waals surface area contributed by atoms with Crippen molar-refractivity contribution in [3.8, 4) is 11.5 Å². The maximum absolute atomic E-state index is 13.1. The van der Waals surface area contributed by atoms with E-state index in [1.54, 1.807) is 18.2 Å². The summed E-state index contributed by atoms with van der Waals surface area (Å²) in [6, 6.07) is 10.3. The molecule has 1 heterocycles. The van der Waals surface area contributed by atoms with Crippen molar-refractivity contribution in [2.75, 3.05) is 25.3 Å². The molecule has 0 spiro atoms. The van der Waals surface area contributed by atoms with E-state index in [4.69, 9.17) is 9.47 Å². The van der Waals surface area contributed by atoms with Gasteiger partial charge in [0.25, 0.3) is 0 Å². The molecule has 2 aromatic carbocycles. The lowest BCUT2D eigenvalue weighted by Gasteiger charge is -2.23. The van der Waals surface area contributed by atoms with Gasteiger partial charge in [-0.2, -0.15) is 27.1 Å². The SMILES string of the molecule is COc1ccc(C2=NN(Cc3ccc(NC(=O)C(F)(F)C(F)(F)F)cc3)C(=O)SC2)cc1OC. The average molecular weight is 503 g/mol. The molecule has 0 aliphatic carbocycles. The number of nitrogens with one attached hydrogen (secondary N) is 1. The van der Waals surface area contributed by atoms with Crippen molar-refractivity contribution in [1.29, 1.82) is 0 Å². The third kappa shape index (κ3) is 5.41. The van der Waals surface area contributed by atoms with Crippen molar-refractivity contribution < 1.29 is 41.0 Å². The standard InChI is InChI=1S/C21H18F5N3O4S/c1-32-16-8-5-13(9-17(16)33-2)15-11-34-19(31)29(28-15)10-12-3-6-14(7-4-12)27-18(30)20(22,23)21(24,25)26/h3-9H,10-11H2,1-2H3,(H,27,30). The Morgan fingerprint density at radius 2 is 1.71 bits per heavy atom. The monoisotopic (exact) mass is 503 g/mol. The number of hydrogen-bond acceptors (Lipinski definition) is 6. The number of halogens is 5. The number of ether oxygens (including phenoxy) is 2. The highest BCUT2D eigenvalue weighted by Gasteiger charge is 2.63. The van der Waals surface area contributed by atoms with Gasteiger partial charge < -0.3 is 14.8 Å². The summed E-state index contributed by atoms with van der Waals surface area (Å²) in [5.74, 6) is -6.67. The van der Waals surface area contributed by atoms with E-state index >= 15 is 0 Å². The zero-order valence-corrected chi connectivity index (χ0v) is 18.6. The first-order valence-corrected chi connectivity index (χ1v) is 10.5. The number of carbonyl (C=O) groups excluding carboxylic acids is 2. The van der Waals surface area contributed by atoms with Crippen LogP contribution in [0.25, 0.3) is 0 Å². The number of methoxy groups -OCH3 is 2. The van der Waals surface area contributed by atoms with E-state index in [0.717, 1.165) is 23.9 Å². The second-order valence-electron chi connectivity index (χ2n) is 6.95.